The number of aliphatic hydroxyl groups is 2. The Morgan fingerprint density at radius 2 is 1.31 bits per heavy atom. The number of likely N-dealkylation sites (N-methyl/N-ethyl adjacent to an activating group) is 1. The highest BCUT2D eigenvalue weighted by Crippen LogP contribution is 2.47. The van der Waals surface area contributed by atoms with Crippen molar-refractivity contribution in [1.82, 2.24) is 10.2 Å². The smallest absolute Gasteiger partial charge is 0.220 e. The first-order chi connectivity index (χ1) is 28.3. The van der Waals surface area contributed by atoms with Gasteiger partial charge >= 0.3 is 0 Å². The molecule has 1 amide bonds. The number of phenols is 1. The molecular formula is C50H68N2O6. The van der Waals surface area contributed by atoms with E-state index in [1.807, 2.05) is 79.8 Å². The minimum atomic E-state index is -0.799. The molecule has 4 N–H and O–H groups in total. The van der Waals surface area contributed by atoms with Gasteiger partial charge in [0, 0.05) is 37.5 Å². The van der Waals surface area contributed by atoms with Crippen molar-refractivity contribution in [3.8, 4) is 5.75 Å². The number of aliphatic hydroxyl groups excluding tert-OH is 2. The van der Waals surface area contributed by atoms with E-state index < -0.39 is 12.4 Å². The van der Waals surface area contributed by atoms with Crippen molar-refractivity contribution >= 4 is 5.91 Å². The first kappa shape index (κ1) is 45.0. The third kappa shape index (κ3) is 14.6. The van der Waals surface area contributed by atoms with Gasteiger partial charge in [-0.25, -0.2) is 0 Å². The van der Waals surface area contributed by atoms with Crippen LogP contribution in [0.5, 0.6) is 5.75 Å². The molecular weight excluding hydrogens is 725 g/mol. The third-order valence-electron chi connectivity index (χ3n) is 11.5. The molecule has 8 heteroatoms. The second kappa shape index (κ2) is 24.8. The number of hydrogen-bond donors (Lipinski definition) is 4. The lowest BCUT2D eigenvalue weighted by Crippen LogP contribution is -2.44. The van der Waals surface area contributed by atoms with Gasteiger partial charge in [0.25, 0.3) is 0 Å². The van der Waals surface area contributed by atoms with Gasteiger partial charge in [-0.15, -0.1) is 0 Å². The van der Waals surface area contributed by atoms with Crippen molar-refractivity contribution in [2.45, 2.75) is 140 Å². The van der Waals surface area contributed by atoms with Gasteiger partial charge in [-0.05, 0) is 53.4 Å². The Morgan fingerprint density at radius 1 is 0.707 bits per heavy atom. The summed E-state index contributed by atoms with van der Waals surface area (Å²) in [5, 5.41) is 34.0. The maximum Gasteiger partial charge on any atom is 0.220 e. The van der Waals surface area contributed by atoms with E-state index in [9.17, 15) is 20.1 Å². The van der Waals surface area contributed by atoms with Gasteiger partial charge in [0.15, 0.2) is 6.29 Å². The molecule has 0 aromatic heterocycles. The highest BCUT2D eigenvalue weighted by Gasteiger charge is 2.42. The molecule has 0 aliphatic carbocycles. The van der Waals surface area contributed by atoms with Crippen LogP contribution in [0.1, 0.15) is 155 Å². The highest BCUT2D eigenvalue weighted by molar-refractivity contribution is 5.75. The Balaban J connectivity index is 1.17. The van der Waals surface area contributed by atoms with Crippen LogP contribution in [0.15, 0.2) is 103 Å². The van der Waals surface area contributed by atoms with Gasteiger partial charge in [-0.3, -0.25) is 4.79 Å². The molecule has 4 aromatic carbocycles. The van der Waals surface area contributed by atoms with Gasteiger partial charge < -0.3 is 35.0 Å². The first-order valence-corrected chi connectivity index (χ1v) is 21.9. The lowest BCUT2D eigenvalue weighted by molar-refractivity contribution is -0.263. The van der Waals surface area contributed by atoms with E-state index in [4.69, 9.17) is 9.47 Å². The van der Waals surface area contributed by atoms with Crippen LogP contribution in [0.2, 0.25) is 0 Å². The monoisotopic (exact) mass is 793 g/mol. The molecule has 58 heavy (non-hydrogen) atoms. The molecule has 0 bridgehead atoms. The topological polar surface area (TPSA) is 111 Å². The molecule has 5 atom stereocenters. The molecule has 1 fully saturated rings. The number of nitrogens with zero attached hydrogens (tertiary/aromatic N) is 1. The summed E-state index contributed by atoms with van der Waals surface area (Å²) in [4.78, 5) is 14.7. The quantitative estimate of drug-likeness (QED) is 0.0495. The maximum absolute atomic E-state index is 12.7. The van der Waals surface area contributed by atoms with Crippen molar-refractivity contribution in [1.29, 1.82) is 0 Å². The van der Waals surface area contributed by atoms with Gasteiger partial charge in [0.2, 0.25) is 5.91 Å². The molecule has 0 radical (unpaired) electrons. The summed E-state index contributed by atoms with van der Waals surface area (Å²) in [5.74, 6) is 0.0314. The van der Waals surface area contributed by atoms with Crippen LogP contribution in [0.4, 0.5) is 0 Å². The molecule has 1 aliphatic heterocycles. The predicted molar refractivity (Wildman–Crippen MR) is 232 cm³/mol. The zero-order chi connectivity index (χ0) is 41.0. The molecule has 0 spiro atoms. The van der Waals surface area contributed by atoms with E-state index in [-0.39, 0.29) is 36.4 Å². The lowest BCUT2D eigenvalue weighted by atomic mass is 9.83. The maximum atomic E-state index is 12.7. The number of aromatic hydroxyl groups is 1. The Bertz CT molecular complexity index is 1730. The number of carbonyl (C=O) groups is 1. The predicted octanol–water partition coefficient (Wildman–Crippen LogP) is 10.6. The van der Waals surface area contributed by atoms with Gasteiger partial charge in [-0.1, -0.05) is 175 Å². The van der Waals surface area contributed by atoms with Gasteiger partial charge in [0.05, 0.1) is 24.9 Å². The van der Waals surface area contributed by atoms with Crippen LogP contribution >= 0.6 is 0 Å². The second-order valence-corrected chi connectivity index (χ2v) is 16.2. The molecule has 1 heterocycles. The molecule has 1 saturated heterocycles. The van der Waals surface area contributed by atoms with Crippen molar-refractivity contribution < 1.29 is 29.6 Å². The minimum Gasteiger partial charge on any atom is -0.508 e. The zero-order valence-corrected chi connectivity index (χ0v) is 34.9. The van der Waals surface area contributed by atoms with E-state index in [2.05, 4.69) is 29.3 Å². The zero-order valence-electron chi connectivity index (χ0n) is 34.9. The van der Waals surface area contributed by atoms with Crippen molar-refractivity contribution in [2.75, 3.05) is 20.1 Å². The van der Waals surface area contributed by atoms with Crippen molar-refractivity contribution in [2.24, 2.45) is 0 Å². The average molecular weight is 793 g/mol. The van der Waals surface area contributed by atoms with Crippen LogP contribution < -0.4 is 5.32 Å². The summed E-state index contributed by atoms with van der Waals surface area (Å²) in [6.07, 6.45) is 15.1. The molecule has 1 aliphatic rings. The average Bonchev–Trinajstić information content (AvgIpc) is 3.24. The standard InChI is InChI=1S/C50H68N2O6/c1-3-4-5-6-7-8-9-10-11-12-13-14-18-24-47(56)51-34-38-25-31-42(32-26-38)50-57-46(36-52(2)35-45(55)43-22-19-23-44(54)33-43)48(40-20-16-15-17-21-40)49(58-50)41-29-27-39(37-53)28-30-41/h15-17,19-23,25-33,45-46,48-50,53-55H,3-14,18,24,34-37H2,1-2H3,(H,51,56). The van der Waals surface area contributed by atoms with E-state index in [1.54, 1.807) is 18.2 Å². The van der Waals surface area contributed by atoms with Crippen LogP contribution in [0, 0.1) is 0 Å². The Labute approximate surface area is 347 Å². The molecule has 0 saturated carbocycles. The van der Waals surface area contributed by atoms with Crippen LogP contribution in [0.25, 0.3) is 0 Å². The summed E-state index contributed by atoms with van der Waals surface area (Å²) in [7, 11) is 1.97. The van der Waals surface area contributed by atoms with Crippen LogP contribution in [-0.4, -0.2) is 52.4 Å². The molecule has 8 nitrogen and oxygen atoms in total. The molecule has 5 unspecified atom stereocenters. The van der Waals surface area contributed by atoms with Crippen molar-refractivity contribution in [3.05, 3.63) is 137 Å². The molecule has 5 rings (SSSR count). The fourth-order valence-electron chi connectivity index (χ4n) is 8.06. The van der Waals surface area contributed by atoms with Crippen LogP contribution in [0.3, 0.4) is 0 Å². The normalized spacial score (nSPS) is 18.6. The van der Waals surface area contributed by atoms with Crippen molar-refractivity contribution in [3.63, 3.8) is 0 Å². The Morgan fingerprint density at radius 3 is 1.93 bits per heavy atom. The fraction of sp³-hybridized carbons (Fsp3) is 0.500. The number of phenolic OH excluding ortho intramolecular Hbond substituents is 1. The fourth-order valence-corrected chi connectivity index (χ4v) is 8.06. The number of amides is 1. The Kier molecular flexibility index (Phi) is 19.2. The second-order valence-electron chi connectivity index (χ2n) is 16.2. The minimum absolute atomic E-state index is 0.0408. The first-order valence-electron chi connectivity index (χ1n) is 21.9. The molecule has 314 valence electrons. The van der Waals surface area contributed by atoms with Gasteiger partial charge in [-0.2, -0.15) is 0 Å². The summed E-state index contributed by atoms with van der Waals surface area (Å²) in [6, 6.07) is 33.0. The number of carbonyl (C=O) groups excluding carboxylic acids is 1. The summed E-state index contributed by atoms with van der Waals surface area (Å²) < 4.78 is 13.7. The van der Waals surface area contributed by atoms with E-state index in [1.165, 1.54) is 70.6 Å². The molecule has 4 aromatic rings. The summed E-state index contributed by atoms with van der Waals surface area (Å²) in [5.41, 5.74) is 5.42. The van der Waals surface area contributed by atoms with E-state index in [0.717, 1.165) is 40.7 Å². The number of unbranched alkanes of at least 4 members (excludes halogenated alkanes) is 12. The number of ether oxygens (including phenoxy) is 2. The summed E-state index contributed by atoms with van der Waals surface area (Å²) in [6.45, 7) is 3.54. The number of nitrogens with one attached hydrogen (secondary N) is 1. The number of benzene rings is 4. The Hall–Kier alpha value is -4.05. The number of hydrogen-bond acceptors (Lipinski definition) is 7. The highest BCUT2D eigenvalue weighted by atomic mass is 16.7. The lowest BCUT2D eigenvalue weighted by Gasteiger charge is -2.44. The third-order valence-corrected chi connectivity index (χ3v) is 11.5. The van der Waals surface area contributed by atoms with E-state index in [0.29, 0.717) is 31.6 Å². The largest absolute Gasteiger partial charge is 0.508 e. The van der Waals surface area contributed by atoms with Crippen LogP contribution in [-0.2, 0) is 27.4 Å². The van der Waals surface area contributed by atoms with Gasteiger partial charge in [0.1, 0.15) is 5.75 Å². The number of rotatable bonds is 25. The SMILES string of the molecule is CCCCCCCCCCCCCCCC(=O)NCc1ccc(C2OC(CN(C)CC(O)c3cccc(O)c3)C(c3ccccc3)C(c3ccc(CO)cc3)O2)cc1. The van der Waals surface area contributed by atoms with E-state index >= 15 is 0 Å². The summed E-state index contributed by atoms with van der Waals surface area (Å²) >= 11 is 0.